The molecule has 5 heterocycles. The summed E-state index contributed by atoms with van der Waals surface area (Å²) in [5, 5.41) is 15.2. The van der Waals surface area contributed by atoms with Gasteiger partial charge in [0.05, 0.1) is 11.8 Å². The smallest absolute Gasteiger partial charge is 0.367 e. The van der Waals surface area contributed by atoms with Crippen molar-refractivity contribution >= 4 is 48.3 Å². The van der Waals surface area contributed by atoms with Crippen LogP contribution in [0.15, 0.2) is 24.3 Å². The number of thiophene rings is 1. The number of likely N-dealkylation sites (tertiary alicyclic amines) is 1. The standard InChI is InChI=1S/C34H43F3N8O2S2/c1-5-31-40-32(29-16-27(17-34(35,36)37)48-33(29)41-31)39-25-9-11-42(12-10-25)20-24-7-8-30-28(23(24)4)15-26(18-38)45(30)19-22(3)43-13-14-44(6-2)49(46,47)21-43/h7-8,15-16,22,25H,5-6,9-14,17,19-21H2,1-4H3,(H,39,40,41)/t22-/m0/s1. The SMILES string of the molecule is CCc1nc(NC2CCN(Cc3ccc4c(cc(C#N)n4C[C@H](C)N4CCN(CC)S(=O)(=O)C4)c3C)CC2)c2cc(CC(F)(F)F)sc2n1. The lowest BCUT2D eigenvalue weighted by atomic mass is 10.0. The molecule has 2 saturated heterocycles. The summed E-state index contributed by atoms with van der Waals surface area (Å²) in [6, 6.07) is 10.2. The lowest BCUT2D eigenvalue weighted by Gasteiger charge is -2.37. The van der Waals surface area contributed by atoms with E-state index in [9.17, 15) is 26.9 Å². The van der Waals surface area contributed by atoms with Crippen LogP contribution < -0.4 is 5.32 Å². The summed E-state index contributed by atoms with van der Waals surface area (Å²) in [6.07, 6.45) is -2.92. The normalized spacial score (nSPS) is 19.1. The fourth-order valence-corrected chi connectivity index (χ4v) is 9.83. The van der Waals surface area contributed by atoms with Crippen LogP contribution in [0.2, 0.25) is 0 Å². The van der Waals surface area contributed by atoms with E-state index < -0.39 is 22.6 Å². The number of fused-ring (bicyclic) bond motifs is 2. The largest absolute Gasteiger partial charge is 0.393 e. The Morgan fingerprint density at radius 3 is 2.51 bits per heavy atom. The molecule has 4 aromatic rings. The monoisotopic (exact) mass is 716 g/mol. The van der Waals surface area contributed by atoms with E-state index >= 15 is 0 Å². The number of aryl methyl sites for hydroxylation is 2. The topological polar surface area (TPSA) is 110 Å². The van der Waals surface area contributed by atoms with Gasteiger partial charge in [-0.2, -0.15) is 22.7 Å². The maximum absolute atomic E-state index is 13.1. The molecule has 0 bridgehead atoms. The van der Waals surface area contributed by atoms with Crippen molar-refractivity contribution in [3.63, 3.8) is 0 Å². The number of nitrogens with one attached hydrogen (secondary N) is 1. The van der Waals surface area contributed by atoms with E-state index in [0.29, 0.717) is 60.2 Å². The summed E-state index contributed by atoms with van der Waals surface area (Å²) < 4.78 is 68.2. The first-order chi connectivity index (χ1) is 23.3. The van der Waals surface area contributed by atoms with Gasteiger partial charge in [0, 0.05) is 80.1 Å². The van der Waals surface area contributed by atoms with E-state index in [0.717, 1.165) is 60.3 Å². The predicted molar refractivity (Wildman–Crippen MR) is 187 cm³/mol. The summed E-state index contributed by atoms with van der Waals surface area (Å²) >= 11 is 1.08. The van der Waals surface area contributed by atoms with Gasteiger partial charge in [0.1, 0.15) is 34.1 Å². The summed E-state index contributed by atoms with van der Waals surface area (Å²) in [5.41, 5.74) is 3.85. The van der Waals surface area contributed by atoms with E-state index in [1.54, 1.807) is 6.07 Å². The van der Waals surface area contributed by atoms with Gasteiger partial charge in [-0.25, -0.2) is 18.4 Å². The highest BCUT2D eigenvalue weighted by atomic mass is 32.2. The second-order valence-corrected chi connectivity index (χ2v) is 16.2. The second-order valence-electron chi connectivity index (χ2n) is 13.2. The Morgan fingerprint density at radius 2 is 1.86 bits per heavy atom. The summed E-state index contributed by atoms with van der Waals surface area (Å²) in [6.45, 7) is 12.5. The van der Waals surface area contributed by atoms with Crippen LogP contribution >= 0.6 is 11.3 Å². The van der Waals surface area contributed by atoms with E-state index in [1.807, 2.05) is 36.3 Å². The number of hydrogen-bond donors (Lipinski definition) is 1. The molecular weight excluding hydrogens is 674 g/mol. The van der Waals surface area contributed by atoms with Crippen molar-refractivity contribution in [3.8, 4) is 6.07 Å². The minimum Gasteiger partial charge on any atom is -0.367 e. The molecule has 0 unspecified atom stereocenters. The third kappa shape index (κ3) is 7.73. The predicted octanol–water partition coefficient (Wildman–Crippen LogP) is 5.88. The maximum Gasteiger partial charge on any atom is 0.393 e. The zero-order valence-electron chi connectivity index (χ0n) is 28.3. The van der Waals surface area contributed by atoms with Gasteiger partial charge in [0.2, 0.25) is 10.0 Å². The maximum atomic E-state index is 13.1. The molecule has 264 valence electrons. The molecule has 0 amide bonds. The highest BCUT2D eigenvalue weighted by Crippen LogP contribution is 2.34. The highest BCUT2D eigenvalue weighted by Gasteiger charge is 2.33. The van der Waals surface area contributed by atoms with Gasteiger partial charge in [-0.1, -0.05) is 19.9 Å². The fraction of sp³-hybridized carbons (Fsp3) is 0.559. The van der Waals surface area contributed by atoms with Crippen molar-refractivity contribution in [1.82, 2.24) is 28.6 Å². The minimum atomic E-state index is -4.27. The number of piperidine rings is 1. The van der Waals surface area contributed by atoms with Crippen LogP contribution in [0.5, 0.6) is 0 Å². The number of nitrogens with zero attached hydrogens (tertiary/aromatic N) is 7. The molecule has 3 aromatic heterocycles. The molecule has 0 radical (unpaired) electrons. The van der Waals surface area contributed by atoms with Crippen LogP contribution in [-0.2, 0) is 36.0 Å². The van der Waals surface area contributed by atoms with E-state index in [4.69, 9.17) is 0 Å². The number of likely N-dealkylation sites (N-methyl/N-ethyl adjacent to an activating group) is 1. The van der Waals surface area contributed by atoms with Crippen LogP contribution in [-0.4, -0.2) is 93.9 Å². The van der Waals surface area contributed by atoms with E-state index in [2.05, 4.69) is 45.3 Å². The van der Waals surface area contributed by atoms with E-state index in [1.165, 1.54) is 9.87 Å². The molecule has 1 N–H and O–H groups in total. The van der Waals surface area contributed by atoms with Crippen molar-refractivity contribution < 1.29 is 21.6 Å². The number of halogens is 3. The summed E-state index contributed by atoms with van der Waals surface area (Å²) in [7, 11) is -3.33. The Hall–Kier alpha value is -3.29. The molecule has 1 aromatic carbocycles. The Labute approximate surface area is 289 Å². The molecule has 15 heteroatoms. The molecule has 0 aliphatic carbocycles. The number of aromatic nitrogens is 3. The van der Waals surface area contributed by atoms with Crippen LogP contribution in [0.4, 0.5) is 19.0 Å². The molecule has 49 heavy (non-hydrogen) atoms. The first kappa shape index (κ1) is 35.5. The second kappa shape index (κ2) is 14.1. The Morgan fingerprint density at radius 1 is 1.10 bits per heavy atom. The number of rotatable bonds is 10. The summed E-state index contributed by atoms with van der Waals surface area (Å²) in [5.74, 6) is 1.21. The first-order valence-electron chi connectivity index (χ1n) is 16.9. The van der Waals surface area contributed by atoms with Crippen LogP contribution in [0, 0.1) is 18.3 Å². The molecular formula is C34H43F3N8O2S2. The van der Waals surface area contributed by atoms with Gasteiger partial charge in [0.15, 0.2) is 0 Å². The van der Waals surface area contributed by atoms with Gasteiger partial charge >= 0.3 is 6.18 Å². The number of anilines is 1. The summed E-state index contributed by atoms with van der Waals surface area (Å²) in [4.78, 5) is 14.4. The van der Waals surface area contributed by atoms with Crippen molar-refractivity contribution in [3.05, 3.63) is 51.8 Å². The Kier molecular flexibility index (Phi) is 10.3. The van der Waals surface area contributed by atoms with E-state index in [-0.39, 0.29) is 22.8 Å². The number of nitriles is 1. The van der Waals surface area contributed by atoms with Crippen LogP contribution in [0.1, 0.15) is 61.1 Å². The van der Waals surface area contributed by atoms with Gasteiger partial charge in [0.25, 0.3) is 0 Å². The van der Waals surface area contributed by atoms with Crippen LogP contribution in [0.3, 0.4) is 0 Å². The van der Waals surface area contributed by atoms with Gasteiger partial charge in [-0.05, 0) is 56.0 Å². The lowest BCUT2D eigenvalue weighted by Crippen LogP contribution is -2.53. The number of benzene rings is 1. The molecule has 6 rings (SSSR count). The van der Waals surface area contributed by atoms with Crippen molar-refractivity contribution in [2.45, 2.75) is 84.7 Å². The molecule has 2 aliphatic rings. The van der Waals surface area contributed by atoms with Gasteiger partial charge in [-0.15, -0.1) is 11.3 Å². The average Bonchev–Trinajstić information content (AvgIpc) is 3.62. The molecule has 0 spiro atoms. The molecule has 2 aliphatic heterocycles. The Bertz CT molecular complexity index is 1980. The van der Waals surface area contributed by atoms with Crippen LogP contribution in [0.25, 0.3) is 21.1 Å². The molecule has 1 atom stereocenters. The molecule has 0 saturated carbocycles. The number of hydrogen-bond acceptors (Lipinski definition) is 9. The minimum absolute atomic E-state index is 0.0153. The first-order valence-corrected chi connectivity index (χ1v) is 19.3. The molecule has 10 nitrogen and oxygen atoms in total. The Balaban J connectivity index is 1.12. The van der Waals surface area contributed by atoms with Gasteiger partial charge < -0.3 is 9.88 Å². The van der Waals surface area contributed by atoms with Crippen molar-refractivity contribution in [2.75, 3.05) is 43.9 Å². The third-order valence-electron chi connectivity index (χ3n) is 9.87. The molecule has 2 fully saturated rings. The lowest BCUT2D eigenvalue weighted by molar-refractivity contribution is -0.126. The highest BCUT2D eigenvalue weighted by molar-refractivity contribution is 7.89. The van der Waals surface area contributed by atoms with Gasteiger partial charge in [-0.3, -0.25) is 9.80 Å². The van der Waals surface area contributed by atoms with Crippen molar-refractivity contribution in [1.29, 1.82) is 5.26 Å². The average molecular weight is 717 g/mol. The third-order valence-corrected chi connectivity index (χ3v) is 12.8. The zero-order chi connectivity index (χ0) is 35.1. The van der Waals surface area contributed by atoms with Crippen molar-refractivity contribution in [2.24, 2.45) is 0 Å². The number of alkyl halides is 3. The number of sulfonamides is 1. The zero-order valence-corrected chi connectivity index (χ0v) is 30.0. The quantitative estimate of drug-likeness (QED) is 0.217. The fourth-order valence-electron chi connectivity index (χ4n) is 7.04.